The summed E-state index contributed by atoms with van der Waals surface area (Å²) in [5.74, 6) is 0. The molecule has 0 amide bonds. The molecule has 27 heavy (non-hydrogen) atoms. The van der Waals surface area contributed by atoms with Gasteiger partial charge in [0.15, 0.2) is 0 Å². The highest BCUT2D eigenvalue weighted by atomic mass is 32.2. The van der Waals surface area contributed by atoms with Crippen molar-refractivity contribution in [1.29, 1.82) is 0 Å². The van der Waals surface area contributed by atoms with Gasteiger partial charge in [-0.1, -0.05) is 44.5 Å². The molecule has 0 radical (unpaired) electrons. The molecule has 1 aromatic heterocycles. The van der Waals surface area contributed by atoms with Crippen LogP contribution in [-0.4, -0.2) is 24.3 Å². The van der Waals surface area contributed by atoms with Crippen molar-refractivity contribution in [1.82, 2.24) is 9.29 Å². The summed E-state index contributed by atoms with van der Waals surface area (Å²) in [7, 11) is -3.50. The van der Waals surface area contributed by atoms with Crippen molar-refractivity contribution in [2.24, 2.45) is 0 Å². The Balaban J connectivity index is 1.68. The Morgan fingerprint density at radius 1 is 1.04 bits per heavy atom. The number of nitrogens with zero attached hydrogens (tertiary/aromatic N) is 1. The summed E-state index contributed by atoms with van der Waals surface area (Å²) in [6.07, 6.45) is 0.711. The second-order valence-electron chi connectivity index (χ2n) is 8.49. The Hall–Kier alpha value is -2.11. The largest absolute Gasteiger partial charge is 0.358 e. The van der Waals surface area contributed by atoms with Crippen LogP contribution in [0.5, 0.6) is 0 Å². The molecular weight excluding hydrogens is 356 g/mol. The van der Waals surface area contributed by atoms with Crippen molar-refractivity contribution in [3.8, 4) is 0 Å². The van der Waals surface area contributed by atoms with Crippen molar-refractivity contribution in [3.63, 3.8) is 0 Å². The van der Waals surface area contributed by atoms with Gasteiger partial charge in [0, 0.05) is 36.1 Å². The maximum atomic E-state index is 13.2. The summed E-state index contributed by atoms with van der Waals surface area (Å²) in [5.41, 5.74) is 5.67. The van der Waals surface area contributed by atoms with Crippen molar-refractivity contribution in [2.45, 2.75) is 51.0 Å². The van der Waals surface area contributed by atoms with Crippen LogP contribution in [0.3, 0.4) is 0 Å². The monoisotopic (exact) mass is 382 g/mol. The van der Waals surface area contributed by atoms with Gasteiger partial charge < -0.3 is 4.98 Å². The topological polar surface area (TPSA) is 53.2 Å². The fraction of sp³-hybridized carbons (Fsp3) is 0.364. The van der Waals surface area contributed by atoms with E-state index in [9.17, 15) is 8.42 Å². The van der Waals surface area contributed by atoms with Crippen LogP contribution in [0.1, 0.15) is 43.2 Å². The average Bonchev–Trinajstić information content (AvgIpc) is 2.98. The summed E-state index contributed by atoms with van der Waals surface area (Å²) in [5, 5.41) is 1.13. The van der Waals surface area contributed by atoms with E-state index in [1.807, 2.05) is 12.1 Å². The van der Waals surface area contributed by atoms with Gasteiger partial charge >= 0.3 is 0 Å². The molecule has 2 aromatic carbocycles. The van der Waals surface area contributed by atoms with Crippen LogP contribution < -0.4 is 0 Å². The molecular formula is C22H26N2O2S. The summed E-state index contributed by atoms with van der Waals surface area (Å²) < 4.78 is 28.0. The molecule has 0 saturated heterocycles. The summed E-state index contributed by atoms with van der Waals surface area (Å²) in [6, 6.07) is 13.6. The first-order chi connectivity index (χ1) is 12.7. The van der Waals surface area contributed by atoms with Crippen LogP contribution in [0.2, 0.25) is 0 Å². The molecule has 0 aliphatic carbocycles. The third-order valence-electron chi connectivity index (χ3n) is 5.45. The SMILES string of the molecule is Cc1ccc2[nH]c3c(c2c1)CN(S(=O)(=O)c1ccc(C(C)(C)C)cc1)CC3. The Kier molecular flexibility index (Phi) is 4.20. The summed E-state index contributed by atoms with van der Waals surface area (Å²) in [4.78, 5) is 3.83. The van der Waals surface area contributed by atoms with E-state index in [2.05, 4.69) is 50.9 Å². The minimum atomic E-state index is -3.50. The van der Waals surface area contributed by atoms with E-state index in [4.69, 9.17) is 0 Å². The molecule has 4 nitrogen and oxygen atoms in total. The van der Waals surface area contributed by atoms with E-state index in [0.29, 0.717) is 24.4 Å². The molecule has 1 aliphatic heterocycles. The molecule has 1 N–H and O–H groups in total. The second kappa shape index (κ2) is 6.21. The Bertz CT molecular complexity index is 1100. The van der Waals surface area contributed by atoms with Gasteiger partial charge in [0.05, 0.1) is 4.90 Å². The van der Waals surface area contributed by atoms with Gasteiger partial charge in [-0.05, 0) is 47.7 Å². The number of aryl methyl sites for hydroxylation is 1. The van der Waals surface area contributed by atoms with Crippen LogP contribution in [0.15, 0.2) is 47.4 Å². The lowest BCUT2D eigenvalue weighted by Gasteiger charge is -2.27. The van der Waals surface area contributed by atoms with Crippen molar-refractivity contribution in [3.05, 3.63) is 64.8 Å². The molecule has 0 atom stereocenters. The number of H-pyrrole nitrogens is 1. The molecule has 0 spiro atoms. The number of benzene rings is 2. The maximum absolute atomic E-state index is 13.2. The van der Waals surface area contributed by atoms with Crippen LogP contribution in [-0.2, 0) is 28.4 Å². The fourth-order valence-corrected chi connectivity index (χ4v) is 5.19. The zero-order chi connectivity index (χ0) is 19.4. The number of aromatic nitrogens is 1. The Morgan fingerprint density at radius 3 is 2.41 bits per heavy atom. The van der Waals surface area contributed by atoms with Gasteiger partial charge in [-0.2, -0.15) is 4.31 Å². The summed E-state index contributed by atoms with van der Waals surface area (Å²) >= 11 is 0. The minimum Gasteiger partial charge on any atom is -0.358 e. The quantitative estimate of drug-likeness (QED) is 0.708. The van der Waals surface area contributed by atoms with Crippen LogP contribution in [0.4, 0.5) is 0 Å². The lowest BCUT2D eigenvalue weighted by atomic mass is 9.87. The number of sulfonamides is 1. The number of nitrogens with one attached hydrogen (secondary N) is 1. The second-order valence-corrected chi connectivity index (χ2v) is 10.4. The third-order valence-corrected chi connectivity index (χ3v) is 7.31. The van der Waals surface area contributed by atoms with E-state index in [1.165, 1.54) is 5.56 Å². The number of hydrogen-bond acceptors (Lipinski definition) is 2. The van der Waals surface area contributed by atoms with E-state index in [1.54, 1.807) is 16.4 Å². The van der Waals surface area contributed by atoms with Crippen LogP contribution >= 0.6 is 0 Å². The highest BCUT2D eigenvalue weighted by Gasteiger charge is 2.30. The molecule has 4 rings (SSSR count). The van der Waals surface area contributed by atoms with E-state index in [-0.39, 0.29) is 5.41 Å². The predicted molar refractivity (Wildman–Crippen MR) is 109 cm³/mol. The lowest BCUT2D eigenvalue weighted by molar-refractivity contribution is 0.391. The first kappa shape index (κ1) is 18.3. The standard InChI is InChI=1S/C22H26N2O2S/c1-15-5-10-20-18(13-15)19-14-24(12-11-21(19)23-20)27(25,26)17-8-6-16(7-9-17)22(2,3)4/h5-10,13,23H,11-12,14H2,1-4H3. The van der Waals surface area contributed by atoms with E-state index in [0.717, 1.165) is 27.7 Å². The number of rotatable bonds is 2. The van der Waals surface area contributed by atoms with Gasteiger partial charge in [0.1, 0.15) is 0 Å². The van der Waals surface area contributed by atoms with E-state index < -0.39 is 10.0 Å². The van der Waals surface area contributed by atoms with Gasteiger partial charge in [0.2, 0.25) is 10.0 Å². The smallest absolute Gasteiger partial charge is 0.243 e. The molecule has 3 aromatic rings. The molecule has 0 unspecified atom stereocenters. The van der Waals surface area contributed by atoms with E-state index >= 15 is 0 Å². The first-order valence-corrected chi connectivity index (χ1v) is 10.8. The normalized spacial score (nSPS) is 15.9. The Morgan fingerprint density at radius 2 is 1.74 bits per heavy atom. The zero-order valence-corrected chi connectivity index (χ0v) is 17.2. The van der Waals surface area contributed by atoms with Gasteiger partial charge in [0.25, 0.3) is 0 Å². The first-order valence-electron chi connectivity index (χ1n) is 9.37. The zero-order valence-electron chi connectivity index (χ0n) is 16.3. The molecule has 1 aliphatic rings. The molecule has 5 heteroatoms. The van der Waals surface area contributed by atoms with Gasteiger partial charge in [-0.15, -0.1) is 0 Å². The predicted octanol–water partition coefficient (Wildman–Crippen LogP) is 4.52. The summed E-state index contributed by atoms with van der Waals surface area (Å²) in [6.45, 7) is 9.36. The van der Waals surface area contributed by atoms with Crippen LogP contribution in [0.25, 0.3) is 10.9 Å². The highest BCUT2D eigenvalue weighted by molar-refractivity contribution is 7.89. The highest BCUT2D eigenvalue weighted by Crippen LogP contribution is 2.31. The van der Waals surface area contributed by atoms with Gasteiger partial charge in [-0.3, -0.25) is 0 Å². The third kappa shape index (κ3) is 3.19. The molecule has 0 bridgehead atoms. The number of aromatic amines is 1. The molecule has 2 heterocycles. The van der Waals surface area contributed by atoms with Crippen LogP contribution in [0, 0.1) is 6.92 Å². The fourth-order valence-electron chi connectivity index (χ4n) is 3.78. The van der Waals surface area contributed by atoms with Gasteiger partial charge in [-0.25, -0.2) is 8.42 Å². The average molecular weight is 383 g/mol. The number of fused-ring (bicyclic) bond motifs is 3. The van der Waals surface area contributed by atoms with Crippen molar-refractivity contribution >= 4 is 20.9 Å². The number of hydrogen-bond donors (Lipinski definition) is 1. The molecule has 142 valence electrons. The molecule has 0 saturated carbocycles. The minimum absolute atomic E-state index is 0.00418. The Labute approximate surface area is 161 Å². The van der Waals surface area contributed by atoms with Crippen molar-refractivity contribution < 1.29 is 8.42 Å². The lowest BCUT2D eigenvalue weighted by Crippen LogP contribution is -2.35. The maximum Gasteiger partial charge on any atom is 0.243 e. The van der Waals surface area contributed by atoms with Crippen molar-refractivity contribution in [2.75, 3.05) is 6.54 Å². The molecule has 0 fully saturated rings.